The fraction of sp³-hybridized carbons (Fsp3) is 0.429. The zero-order valence-corrected chi connectivity index (χ0v) is 43.0. The monoisotopic (exact) mass is 987 g/mol. The molecule has 10 rings (SSSR count). The number of anilines is 6. The molecule has 0 amide bonds. The lowest BCUT2D eigenvalue weighted by molar-refractivity contribution is -0.169. The second-order valence-electron chi connectivity index (χ2n) is 20.2. The Balaban J connectivity index is 0.860. The molecule has 10 heteroatoms. The highest BCUT2D eigenvalue weighted by atomic mass is 16.7. The van der Waals surface area contributed by atoms with Crippen LogP contribution in [0.3, 0.4) is 0 Å². The van der Waals surface area contributed by atoms with Gasteiger partial charge >= 0.3 is 0 Å². The highest BCUT2D eigenvalue weighted by Crippen LogP contribution is 2.39. The van der Waals surface area contributed by atoms with Crippen molar-refractivity contribution in [2.75, 3.05) is 36.2 Å². The predicted molar refractivity (Wildman–Crippen MR) is 288 cm³/mol. The van der Waals surface area contributed by atoms with E-state index < -0.39 is 0 Å². The first-order valence-corrected chi connectivity index (χ1v) is 27.1. The molecule has 6 aromatic carbocycles. The summed E-state index contributed by atoms with van der Waals surface area (Å²) in [6.45, 7) is 9.54. The zero-order chi connectivity index (χ0) is 49.6. The Kier molecular flexibility index (Phi) is 18.0. The van der Waals surface area contributed by atoms with Crippen molar-refractivity contribution in [3.63, 3.8) is 0 Å². The van der Waals surface area contributed by atoms with Crippen LogP contribution >= 0.6 is 0 Å². The average molecular weight is 987 g/mol. The molecule has 4 unspecified atom stereocenters. The van der Waals surface area contributed by atoms with E-state index in [0.29, 0.717) is 26.4 Å². The number of aryl methyl sites for hydroxylation is 2. The molecule has 0 saturated carbocycles. The number of nitrogens with zero attached hydrogens (tertiary/aromatic N) is 2. The van der Waals surface area contributed by atoms with Crippen molar-refractivity contribution in [1.29, 1.82) is 0 Å². The Morgan fingerprint density at radius 3 is 0.918 bits per heavy atom. The molecule has 4 fully saturated rings. The van der Waals surface area contributed by atoms with Gasteiger partial charge in [-0.2, -0.15) is 0 Å². The summed E-state index contributed by atoms with van der Waals surface area (Å²) in [4.78, 5) is 4.67. The van der Waals surface area contributed by atoms with E-state index in [-0.39, 0.29) is 25.2 Å². The quantitative estimate of drug-likeness (QED) is 0.0738. The van der Waals surface area contributed by atoms with Crippen LogP contribution in [0, 0.1) is 13.8 Å². The topological polar surface area (TPSA) is 80.3 Å². The van der Waals surface area contributed by atoms with Crippen LogP contribution in [0.25, 0.3) is 0 Å². The van der Waals surface area contributed by atoms with Crippen molar-refractivity contribution in [3.05, 3.63) is 178 Å². The van der Waals surface area contributed by atoms with Gasteiger partial charge in [0.15, 0.2) is 25.2 Å². The lowest BCUT2D eigenvalue weighted by Gasteiger charge is -2.27. The van der Waals surface area contributed by atoms with E-state index in [1.165, 1.54) is 33.4 Å². The summed E-state index contributed by atoms with van der Waals surface area (Å²) in [6, 6.07) is 48.8. The Hall–Kier alpha value is -5.40. The van der Waals surface area contributed by atoms with E-state index in [9.17, 15) is 0 Å². The second-order valence-corrected chi connectivity index (χ2v) is 20.2. The first-order valence-electron chi connectivity index (χ1n) is 27.1. The molecule has 0 spiro atoms. The molecule has 10 nitrogen and oxygen atoms in total. The van der Waals surface area contributed by atoms with Crippen molar-refractivity contribution in [3.8, 4) is 0 Å². The Morgan fingerprint density at radius 1 is 0.342 bits per heavy atom. The van der Waals surface area contributed by atoms with E-state index in [1.807, 2.05) is 0 Å². The number of rotatable bonds is 20. The largest absolute Gasteiger partial charge is 0.353 e. The number of ether oxygens (including phenoxy) is 8. The number of hydrogen-bond acceptors (Lipinski definition) is 10. The summed E-state index contributed by atoms with van der Waals surface area (Å²) in [5, 5.41) is 0. The van der Waals surface area contributed by atoms with E-state index in [4.69, 9.17) is 37.9 Å². The molecule has 0 bridgehead atoms. The first-order chi connectivity index (χ1) is 36.0. The minimum atomic E-state index is -0.126. The number of hydrogen-bond donors (Lipinski definition) is 0. The van der Waals surface area contributed by atoms with Crippen LogP contribution in [0.5, 0.6) is 0 Å². The van der Waals surface area contributed by atoms with Gasteiger partial charge < -0.3 is 47.7 Å². The molecule has 4 atom stereocenters. The Labute approximate surface area is 433 Å². The summed E-state index contributed by atoms with van der Waals surface area (Å²) in [6.07, 6.45) is 13.1. The van der Waals surface area contributed by atoms with E-state index in [2.05, 4.69) is 157 Å². The van der Waals surface area contributed by atoms with Crippen LogP contribution in [0.1, 0.15) is 122 Å². The van der Waals surface area contributed by atoms with Gasteiger partial charge in [-0.15, -0.1) is 0 Å². The fourth-order valence-electron chi connectivity index (χ4n) is 10.2. The maximum atomic E-state index is 6.21. The van der Waals surface area contributed by atoms with Gasteiger partial charge in [-0.25, -0.2) is 0 Å². The van der Waals surface area contributed by atoms with Crippen LogP contribution in [-0.2, 0) is 70.7 Å². The van der Waals surface area contributed by atoms with Crippen molar-refractivity contribution >= 4 is 34.1 Å². The van der Waals surface area contributed by atoms with Gasteiger partial charge in [0.1, 0.15) is 0 Å². The molecule has 4 aliphatic rings. The normalized spacial score (nSPS) is 20.4. The smallest absolute Gasteiger partial charge is 0.158 e. The highest BCUT2D eigenvalue weighted by Gasteiger charge is 2.21. The molecule has 4 saturated heterocycles. The molecular formula is C63H74N2O8. The molecule has 6 aromatic rings. The lowest BCUT2D eigenvalue weighted by Crippen LogP contribution is -2.22. The lowest BCUT2D eigenvalue weighted by atomic mass is 10.0. The van der Waals surface area contributed by atoms with Gasteiger partial charge in [0, 0.05) is 60.6 Å². The SMILES string of the molecule is Cc1cc(N(c2ccc(COC3CCCCO3)cc2)c2ccc(Cc3ccc(N(c4ccc(COC5CCCCO5)cc4)c4ccc(COC5CCCCO5)c(C)c4)cc3)cc2)ccc1COC1CCCCO1. The van der Waals surface area contributed by atoms with E-state index in [1.54, 1.807) is 0 Å². The van der Waals surface area contributed by atoms with Gasteiger partial charge in [0.25, 0.3) is 0 Å². The summed E-state index contributed by atoms with van der Waals surface area (Å²) >= 11 is 0. The van der Waals surface area contributed by atoms with Crippen molar-refractivity contribution in [1.82, 2.24) is 0 Å². The molecule has 0 radical (unpaired) electrons. The molecule has 0 aliphatic carbocycles. The number of benzene rings is 6. The van der Waals surface area contributed by atoms with Crippen LogP contribution in [0.2, 0.25) is 0 Å². The Bertz CT molecular complexity index is 2430. The summed E-state index contributed by atoms with van der Waals surface area (Å²) in [5.41, 5.74) is 15.9. The summed E-state index contributed by atoms with van der Waals surface area (Å²) in [7, 11) is 0. The average Bonchev–Trinajstić information content (AvgIpc) is 3.44. The molecular weight excluding hydrogens is 913 g/mol. The fourth-order valence-corrected chi connectivity index (χ4v) is 10.2. The molecule has 0 aromatic heterocycles. The van der Waals surface area contributed by atoms with Gasteiger partial charge in [-0.3, -0.25) is 0 Å². The van der Waals surface area contributed by atoms with E-state index >= 15 is 0 Å². The zero-order valence-electron chi connectivity index (χ0n) is 43.0. The molecule has 4 aliphatic heterocycles. The molecule has 384 valence electrons. The minimum Gasteiger partial charge on any atom is -0.353 e. The van der Waals surface area contributed by atoms with Crippen molar-refractivity contribution in [2.24, 2.45) is 0 Å². The van der Waals surface area contributed by atoms with Gasteiger partial charge in [0.2, 0.25) is 0 Å². The third-order valence-electron chi connectivity index (χ3n) is 14.6. The van der Waals surface area contributed by atoms with Crippen molar-refractivity contribution < 1.29 is 37.9 Å². The summed E-state index contributed by atoms with van der Waals surface area (Å²) < 4.78 is 48.1. The maximum absolute atomic E-state index is 6.21. The maximum Gasteiger partial charge on any atom is 0.158 e. The third-order valence-corrected chi connectivity index (χ3v) is 14.6. The predicted octanol–water partition coefficient (Wildman–Crippen LogP) is 15.0. The highest BCUT2D eigenvalue weighted by molar-refractivity contribution is 5.78. The van der Waals surface area contributed by atoms with Gasteiger partial charge in [-0.1, -0.05) is 60.7 Å². The molecule has 0 N–H and O–H groups in total. The Morgan fingerprint density at radius 2 is 0.630 bits per heavy atom. The van der Waals surface area contributed by atoms with Crippen LogP contribution < -0.4 is 9.80 Å². The summed E-state index contributed by atoms with van der Waals surface area (Å²) in [5.74, 6) is 0. The van der Waals surface area contributed by atoms with Crippen LogP contribution in [0.15, 0.2) is 133 Å². The van der Waals surface area contributed by atoms with E-state index in [0.717, 1.165) is 155 Å². The standard InChI is InChI=1S/C63H74N2O8/c1-46-39-58(33-23-52(46)44-72-62-13-5-9-37-68-62)64(56-29-19-50(20-30-56)42-70-60-11-3-7-35-66-60)54-25-15-48(16-26-54)41-49-17-27-55(28-18-49)65(57-31-21-51(22-32-57)43-71-61-12-4-8-36-67-61)59-34-24-53(47(2)40-59)45-73-63-14-6-10-38-69-63/h15-34,39-40,60-63H,3-14,35-38,41-45H2,1-2H3. The minimum absolute atomic E-state index is 0.122. The second kappa shape index (κ2) is 25.7. The van der Waals surface area contributed by atoms with Crippen LogP contribution in [-0.4, -0.2) is 51.6 Å². The van der Waals surface area contributed by atoms with Gasteiger partial charge in [0.05, 0.1) is 26.4 Å². The van der Waals surface area contributed by atoms with Crippen molar-refractivity contribution in [2.45, 2.75) is 149 Å². The van der Waals surface area contributed by atoms with Gasteiger partial charge in [-0.05, 0) is 215 Å². The molecule has 4 heterocycles. The van der Waals surface area contributed by atoms with Crippen LogP contribution in [0.4, 0.5) is 34.1 Å². The third kappa shape index (κ3) is 14.1. The molecule has 73 heavy (non-hydrogen) atoms. The first kappa shape index (κ1) is 51.1.